The zero-order valence-electron chi connectivity index (χ0n) is 13.8. The van der Waals surface area contributed by atoms with E-state index in [-0.39, 0.29) is 12.1 Å². The lowest BCUT2D eigenvalue weighted by atomic mass is 10.1. The Hall–Kier alpha value is -1.07. The number of hydrogen-bond acceptors (Lipinski definition) is 3. The van der Waals surface area contributed by atoms with Crippen LogP contribution in [0.2, 0.25) is 0 Å². The van der Waals surface area contributed by atoms with E-state index in [9.17, 15) is 4.79 Å². The number of aryl methyl sites for hydroxylation is 1. The average molecular weight is 369 g/mol. The number of rotatable bonds is 3. The van der Waals surface area contributed by atoms with Gasteiger partial charge in [0.25, 0.3) is 0 Å². The molecule has 1 amide bonds. The first-order valence-electron chi connectivity index (χ1n) is 7.70. The highest BCUT2D eigenvalue weighted by Gasteiger charge is 2.26. The van der Waals surface area contributed by atoms with Gasteiger partial charge in [-0.05, 0) is 51.3 Å². The third kappa shape index (κ3) is 5.29. The molecule has 1 atom stereocenters. The van der Waals surface area contributed by atoms with E-state index in [1.165, 1.54) is 11.1 Å². The van der Waals surface area contributed by atoms with E-state index in [0.717, 1.165) is 30.5 Å². The summed E-state index contributed by atoms with van der Waals surface area (Å²) in [6.07, 6.45) is 0.638. The van der Waals surface area contributed by atoms with Gasteiger partial charge >= 0.3 is 6.09 Å². The lowest BCUT2D eigenvalue weighted by Gasteiger charge is -2.22. The van der Waals surface area contributed by atoms with Gasteiger partial charge in [0.1, 0.15) is 5.60 Å². The third-order valence-corrected chi connectivity index (χ3v) is 4.33. The Morgan fingerprint density at radius 1 is 1.45 bits per heavy atom. The fourth-order valence-electron chi connectivity index (χ4n) is 2.59. The van der Waals surface area contributed by atoms with Gasteiger partial charge in [-0.2, -0.15) is 0 Å². The van der Waals surface area contributed by atoms with E-state index >= 15 is 0 Å². The molecule has 1 fully saturated rings. The Morgan fingerprint density at radius 2 is 2.18 bits per heavy atom. The summed E-state index contributed by atoms with van der Waals surface area (Å²) < 4.78 is 6.46. The van der Waals surface area contributed by atoms with Crippen molar-refractivity contribution >= 4 is 22.0 Å². The molecule has 0 bridgehead atoms. The molecular formula is C17H25BrN2O2. The van der Waals surface area contributed by atoms with Crippen LogP contribution < -0.4 is 5.32 Å². The van der Waals surface area contributed by atoms with Gasteiger partial charge in [0.2, 0.25) is 0 Å². The molecule has 1 aromatic carbocycles. The standard InChI is InChI=1S/C17H25BrN2O2/c1-12-5-6-13(15(18)9-12)10-20-8-7-14(11-20)19-16(21)22-17(2,3)4/h5-6,9,14H,7-8,10-11H2,1-4H3,(H,19,21)/t14-/m1/s1. The number of likely N-dealkylation sites (tertiary alicyclic amines) is 1. The van der Waals surface area contributed by atoms with Crippen molar-refractivity contribution in [1.82, 2.24) is 10.2 Å². The van der Waals surface area contributed by atoms with Crippen molar-refractivity contribution in [2.45, 2.75) is 52.3 Å². The van der Waals surface area contributed by atoms with Crippen LogP contribution >= 0.6 is 15.9 Å². The molecule has 0 unspecified atom stereocenters. The first-order chi connectivity index (χ1) is 10.2. The molecule has 4 nitrogen and oxygen atoms in total. The first kappa shape index (κ1) is 17.3. The lowest BCUT2D eigenvalue weighted by molar-refractivity contribution is 0.0506. The topological polar surface area (TPSA) is 41.6 Å². The molecule has 0 saturated carbocycles. The fourth-order valence-corrected chi connectivity index (χ4v) is 3.21. The molecule has 0 spiro atoms. The summed E-state index contributed by atoms with van der Waals surface area (Å²) >= 11 is 3.63. The molecule has 2 rings (SSSR count). The molecular weight excluding hydrogens is 344 g/mol. The summed E-state index contributed by atoms with van der Waals surface area (Å²) in [5.41, 5.74) is 2.08. The van der Waals surface area contributed by atoms with Crippen molar-refractivity contribution in [2.75, 3.05) is 13.1 Å². The first-order valence-corrected chi connectivity index (χ1v) is 8.49. The molecule has 0 aliphatic carbocycles. The molecule has 1 aliphatic heterocycles. The van der Waals surface area contributed by atoms with Crippen molar-refractivity contribution in [2.24, 2.45) is 0 Å². The Bertz CT molecular complexity index is 540. The zero-order valence-corrected chi connectivity index (χ0v) is 15.4. The van der Waals surface area contributed by atoms with E-state index < -0.39 is 5.60 Å². The Morgan fingerprint density at radius 3 is 2.82 bits per heavy atom. The number of halogens is 1. The highest BCUT2D eigenvalue weighted by Crippen LogP contribution is 2.22. The van der Waals surface area contributed by atoms with Crippen LogP contribution in [0, 0.1) is 6.92 Å². The predicted molar refractivity (Wildman–Crippen MR) is 91.9 cm³/mol. The van der Waals surface area contributed by atoms with Gasteiger partial charge in [0.15, 0.2) is 0 Å². The summed E-state index contributed by atoms with van der Waals surface area (Å²) in [4.78, 5) is 14.2. The summed E-state index contributed by atoms with van der Waals surface area (Å²) in [6.45, 7) is 10.5. The smallest absolute Gasteiger partial charge is 0.407 e. The van der Waals surface area contributed by atoms with E-state index in [1.807, 2.05) is 20.8 Å². The predicted octanol–water partition coefficient (Wildman–Crippen LogP) is 3.86. The van der Waals surface area contributed by atoms with Crippen molar-refractivity contribution in [3.8, 4) is 0 Å². The van der Waals surface area contributed by atoms with E-state index in [4.69, 9.17) is 4.74 Å². The minimum atomic E-state index is -0.449. The quantitative estimate of drug-likeness (QED) is 0.880. The minimum absolute atomic E-state index is 0.166. The van der Waals surface area contributed by atoms with E-state index in [0.29, 0.717) is 0 Å². The van der Waals surface area contributed by atoms with Gasteiger partial charge in [0, 0.05) is 30.1 Å². The SMILES string of the molecule is Cc1ccc(CN2CC[C@@H](NC(=O)OC(C)(C)C)C2)c(Br)c1. The molecule has 1 saturated heterocycles. The highest BCUT2D eigenvalue weighted by molar-refractivity contribution is 9.10. The largest absolute Gasteiger partial charge is 0.444 e. The van der Waals surface area contributed by atoms with E-state index in [1.54, 1.807) is 0 Å². The molecule has 5 heteroatoms. The second-order valence-corrected chi connectivity index (χ2v) is 7.82. The normalized spacial score (nSPS) is 19.2. The summed E-state index contributed by atoms with van der Waals surface area (Å²) in [5.74, 6) is 0. The van der Waals surface area contributed by atoms with Gasteiger partial charge in [-0.25, -0.2) is 4.79 Å². The van der Waals surface area contributed by atoms with Gasteiger partial charge in [-0.3, -0.25) is 4.90 Å². The second-order valence-electron chi connectivity index (χ2n) is 6.96. The monoisotopic (exact) mass is 368 g/mol. The van der Waals surface area contributed by atoms with Crippen LogP contribution in [0.25, 0.3) is 0 Å². The third-order valence-electron chi connectivity index (χ3n) is 3.60. The number of hydrogen-bond donors (Lipinski definition) is 1. The Kier molecular flexibility index (Phi) is 5.50. The maximum absolute atomic E-state index is 11.8. The highest BCUT2D eigenvalue weighted by atomic mass is 79.9. The molecule has 1 heterocycles. The number of alkyl carbamates (subject to hydrolysis) is 1. The van der Waals surface area contributed by atoms with Crippen LogP contribution in [0.15, 0.2) is 22.7 Å². The maximum atomic E-state index is 11.8. The van der Waals surface area contributed by atoms with Crippen LogP contribution in [-0.4, -0.2) is 35.7 Å². The van der Waals surface area contributed by atoms with Crippen LogP contribution in [0.3, 0.4) is 0 Å². The van der Waals surface area contributed by atoms with Gasteiger partial charge in [0.05, 0.1) is 0 Å². The fraction of sp³-hybridized carbons (Fsp3) is 0.588. The Labute approximate surface area is 141 Å². The van der Waals surface area contributed by atoms with Gasteiger partial charge < -0.3 is 10.1 Å². The molecule has 122 valence electrons. The molecule has 0 radical (unpaired) electrons. The molecule has 1 aromatic rings. The number of amides is 1. The number of nitrogens with zero attached hydrogens (tertiary/aromatic N) is 1. The Balaban J connectivity index is 1.84. The molecule has 22 heavy (non-hydrogen) atoms. The lowest BCUT2D eigenvalue weighted by Crippen LogP contribution is -2.40. The van der Waals surface area contributed by atoms with Crippen LogP contribution in [0.4, 0.5) is 4.79 Å². The number of carbonyl (C=O) groups is 1. The molecule has 1 N–H and O–H groups in total. The number of benzene rings is 1. The van der Waals surface area contributed by atoms with E-state index in [2.05, 4.69) is 51.3 Å². The van der Waals surface area contributed by atoms with Crippen molar-refractivity contribution in [1.29, 1.82) is 0 Å². The number of carbonyl (C=O) groups excluding carboxylic acids is 1. The van der Waals surface area contributed by atoms with Gasteiger partial charge in [-0.15, -0.1) is 0 Å². The van der Waals surface area contributed by atoms with Gasteiger partial charge in [-0.1, -0.05) is 28.1 Å². The number of nitrogens with one attached hydrogen (secondary N) is 1. The maximum Gasteiger partial charge on any atom is 0.407 e. The average Bonchev–Trinajstić information content (AvgIpc) is 2.77. The molecule has 1 aliphatic rings. The zero-order chi connectivity index (χ0) is 16.3. The summed E-state index contributed by atoms with van der Waals surface area (Å²) in [5, 5.41) is 2.96. The summed E-state index contributed by atoms with van der Waals surface area (Å²) in [6, 6.07) is 6.60. The second kappa shape index (κ2) is 7.01. The number of ether oxygens (including phenoxy) is 1. The van der Waals surface area contributed by atoms with Crippen molar-refractivity contribution in [3.63, 3.8) is 0 Å². The van der Waals surface area contributed by atoms with Crippen LogP contribution in [0.5, 0.6) is 0 Å². The van der Waals surface area contributed by atoms with Crippen molar-refractivity contribution in [3.05, 3.63) is 33.8 Å². The van der Waals surface area contributed by atoms with Crippen LogP contribution in [-0.2, 0) is 11.3 Å². The summed E-state index contributed by atoms with van der Waals surface area (Å²) in [7, 11) is 0. The van der Waals surface area contributed by atoms with Crippen LogP contribution in [0.1, 0.15) is 38.3 Å². The minimum Gasteiger partial charge on any atom is -0.444 e. The molecule has 0 aromatic heterocycles. The van der Waals surface area contributed by atoms with Crippen molar-refractivity contribution < 1.29 is 9.53 Å².